The second kappa shape index (κ2) is 5.45. The molecule has 1 fully saturated rings. The van der Waals surface area contributed by atoms with Crippen LogP contribution in [0, 0.1) is 18.3 Å². The maximum atomic E-state index is 6.31. The van der Waals surface area contributed by atoms with E-state index in [1.54, 1.807) is 4.68 Å². The van der Waals surface area contributed by atoms with Gasteiger partial charge in [0.25, 0.3) is 0 Å². The molecule has 0 radical (unpaired) electrons. The van der Waals surface area contributed by atoms with Crippen LogP contribution in [0.15, 0.2) is 0 Å². The van der Waals surface area contributed by atoms with Crippen molar-refractivity contribution in [2.24, 2.45) is 18.4 Å². The van der Waals surface area contributed by atoms with Gasteiger partial charge in [0.05, 0.1) is 5.69 Å². The van der Waals surface area contributed by atoms with Crippen molar-refractivity contribution >= 4 is 11.6 Å². The average molecular weight is 284 g/mol. The van der Waals surface area contributed by atoms with Gasteiger partial charge in [-0.05, 0) is 44.2 Å². The number of likely N-dealkylation sites (tertiary alicyclic amines) is 1. The number of nitrogens with zero attached hydrogens (tertiary/aromatic N) is 3. The predicted octanol–water partition coefficient (Wildman–Crippen LogP) is 3.64. The molecule has 1 aliphatic rings. The molecule has 0 spiro atoms. The van der Waals surface area contributed by atoms with Crippen LogP contribution < -0.4 is 0 Å². The Labute approximate surface area is 121 Å². The summed E-state index contributed by atoms with van der Waals surface area (Å²) in [6.45, 7) is 12.4. The molecule has 0 atom stereocenters. The summed E-state index contributed by atoms with van der Waals surface area (Å²) in [5.74, 6) is 0.842. The number of aromatic nitrogens is 2. The summed E-state index contributed by atoms with van der Waals surface area (Å²) in [5.41, 5.74) is 2.69. The highest BCUT2D eigenvalue weighted by molar-refractivity contribution is 6.30. The van der Waals surface area contributed by atoms with Gasteiger partial charge in [-0.2, -0.15) is 5.10 Å². The molecule has 2 heterocycles. The van der Waals surface area contributed by atoms with Gasteiger partial charge in [0.1, 0.15) is 5.15 Å². The number of hydrogen-bond acceptors (Lipinski definition) is 2. The number of aryl methyl sites for hydroxylation is 2. The summed E-state index contributed by atoms with van der Waals surface area (Å²) in [5, 5.41) is 5.18. The second-order valence-electron chi connectivity index (χ2n) is 6.89. The summed E-state index contributed by atoms with van der Waals surface area (Å²) in [6.07, 6.45) is 2.58. The van der Waals surface area contributed by atoms with E-state index in [9.17, 15) is 0 Å². The lowest BCUT2D eigenvalue weighted by Crippen LogP contribution is -2.37. The predicted molar refractivity (Wildman–Crippen MR) is 80.4 cm³/mol. The van der Waals surface area contributed by atoms with Crippen molar-refractivity contribution in [1.29, 1.82) is 0 Å². The molecule has 2 rings (SSSR count). The Balaban J connectivity index is 1.96. The zero-order valence-electron chi connectivity index (χ0n) is 12.8. The zero-order chi connectivity index (χ0) is 14.2. The first-order valence-corrected chi connectivity index (χ1v) is 7.57. The first kappa shape index (κ1) is 14.9. The molecule has 3 nitrogen and oxygen atoms in total. The SMILES string of the molecule is Cc1nn(C)c(Cl)c1CN1CCC(C(C)(C)C)CC1. The summed E-state index contributed by atoms with van der Waals surface area (Å²) in [4.78, 5) is 2.51. The molecule has 0 aromatic carbocycles. The maximum absolute atomic E-state index is 6.31. The number of hydrogen-bond donors (Lipinski definition) is 0. The molecular weight excluding hydrogens is 258 g/mol. The van der Waals surface area contributed by atoms with Gasteiger partial charge in [0, 0.05) is 19.2 Å². The van der Waals surface area contributed by atoms with Crippen molar-refractivity contribution in [3.63, 3.8) is 0 Å². The third-order valence-electron chi connectivity index (χ3n) is 4.46. The second-order valence-corrected chi connectivity index (χ2v) is 7.25. The third kappa shape index (κ3) is 3.32. The molecule has 0 amide bonds. The highest BCUT2D eigenvalue weighted by Gasteiger charge is 2.29. The Morgan fingerprint density at radius 3 is 2.26 bits per heavy atom. The zero-order valence-corrected chi connectivity index (χ0v) is 13.6. The first-order valence-electron chi connectivity index (χ1n) is 7.19. The maximum Gasteiger partial charge on any atom is 0.131 e. The van der Waals surface area contributed by atoms with E-state index >= 15 is 0 Å². The molecule has 1 saturated heterocycles. The summed E-state index contributed by atoms with van der Waals surface area (Å²) in [6, 6.07) is 0. The molecular formula is C15H26ClN3. The quantitative estimate of drug-likeness (QED) is 0.826. The minimum Gasteiger partial charge on any atom is -0.299 e. The van der Waals surface area contributed by atoms with Gasteiger partial charge >= 0.3 is 0 Å². The first-order chi connectivity index (χ1) is 8.79. The van der Waals surface area contributed by atoms with E-state index in [1.165, 1.54) is 31.5 Å². The molecule has 1 aromatic rings. The van der Waals surface area contributed by atoms with Crippen molar-refractivity contribution in [3.8, 4) is 0 Å². The fraction of sp³-hybridized carbons (Fsp3) is 0.800. The van der Waals surface area contributed by atoms with E-state index in [-0.39, 0.29) is 0 Å². The Hall–Kier alpha value is -0.540. The Morgan fingerprint density at radius 2 is 1.84 bits per heavy atom. The van der Waals surface area contributed by atoms with Crippen LogP contribution in [-0.4, -0.2) is 27.8 Å². The lowest BCUT2D eigenvalue weighted by Gasteiger charge is -2.38. The average Bonchev–Trinajstić information content (AvgIpc) is 2.56. The Morgan fingerprint density at radius 1 is 1.26 bits per heavy atom. The normalized spacial score (nSPS) is 19.1. The highest BCUT2D eigenvalue weighted by Crippen LogP contribution is 2.35. The van der Waals surface area contributed by atoms with Gasteiger partial charge in [0.15, 0.2) is 0 Å². The molecule has 0 aliphatic carbocycles. The molecule has 1 aliphatic heterocycles. The number of rotatable bonds is 2. The standard InChI is InChI=1S/C15H26ClN3/c1-11-13(14(16)18(5)17-11)10-19-8-6-12(7-9-19)15(2,3)4/h12H,6-10H2,1-5H3. The van der Waals surface area contributed by atoms with Gasteiger partial charge in [-0.25, -0.2) is 0 Å². The minimum absolute atomic E-state index is 0.438. The van der Waals surface area contributed by atoms with Crippen molar-refractivity contribution in [3.05, 3.63) is 16.4 Å². The van der Waals surface area contributed by atoms with Gasteiger partial charge in [0.2, 0.25) is 0 Å². The van der Waals surface area contributed by atoms with Crippen LogP contribution in [0.25, 0.3) is 0 Å². The Bertz CT molecular complexity index is 437. The molecule has 0 N–H and O–H groups in total. The fourth-order valence-corrected chi connectivity index (χ4v) is 3.27. The molecule has 0 unspecified atom stereocenters. The molecule has 19 heavy (non-hydrogen) atoms. The van der Waals surface area contributed by atoms with E-state index in [0.29, 0.717) is 5.41 Å². The van der Waals surface area contributed by atoms with Gasteiger partial charge < -0.3 is 0 Å². The lowest BCUT2D eigenvalue weighted by molar-refractivity contribution is 0.108. The summed E-state index contributed by atoms with van der Waals surface area (Å²) in [7, 11) is 1.91. The van der Waals surface area contributed by atoms with Crippen molar-refractivity contribution in [1.82, 2.24) is 14.7 Å². The van der Waals surface area contributed by atoms with Crippen molar-refractivity contribution in [2.75, 3.05) is 13.1 Å². The molecule has 108 valence electrons. The topological polar surface area (TPSA) is 21.1 Å². The molecule has 1 aromatic heterocycles. The van der Waals surface area contributed by atoms with Crippen LogP contribution in [-0.2, 0) is 13.6 Å². The lowest BCUT2D eigenvalue weighted by atomic mass is 9.75. The van der Waals surface area contributed by atoms with E-state index in [0.717, 1.165) is 23.3 Å². The van der Waals surface area contributed by atoms with Crippen LogP contribution >= 0.6 is 11.6 Å². The van der Waals surface area contributed by atoms with E-state index in [2.05, 4.69) is 30.8 Å². The van der Waals surface area contributed by atoms with Crippen LogP contribution in [0.3, 0.4) is 0 Å². The number of halogens is 1. The van der Waals surface area contributed by atoms with E-state index in [4.69, 9.17) is 11.6 Å². The fourth-order valence-electron chi connectivity index (χ4n) is 3.03. The van der Waals surface area contributed by atoms with Crippen LogP contribution in [0.2, 0.25) is 5.15 Å². The number of piperidine rings is 1. The van der Waals surface area contributed by atoms with E-state index in [1.807, 2.05) is 14.0 Å². The minimum atomic E-state index is 0.438. The third-order valence-corrected chi connectivity index (χ3v) is 4.94. The monoisotopic (exact) mass is 283 g/mol. The molecule has 4 heteroatoms. The van der Waals surface area contributed by atoms with Gasteiger partial charge in [-0.3, -0.25) is 9.58 Å². The van der Waals surface area contributed by atoms with Crippen LogP contribution in [0.5, 0.6) is 0 Å². The van der Waals surface area contributed by atoms with Gasteiger partial charge in [-0.15, -0.1) is 0 Å². The van der Waals surface area contributed by atoms with E-state index < -0.39 is 0 Å². The van der Waals surface area contributed by atoms with Crippen molar-refractivity contribution < 1.29 is 0 Å². The van der Waals surface area contributed by atoms with Crippen LogP contribution in [0.1, 0.15) is 44.9 Å². The van der Waals surface area contributed by atoms with Crippen molar-refractivity contribution in [2.45, 2.75) is 47.1 Å². The summed E-state index contributed by atoms with van der Waals surface area (Å²) >= 11 is 6.31. The Kier molecular flexibility index (Phi) is 4.26. The molecule has 0 saturated carbocycles. The molecule has 0 bridgehead atoms. The van der Waals surface area contributed by atoms with Gasteiger partial charge in [-0.1, -0.05) is 32.4 Å². The summed E-state index contributed by atoms with van der Waals surface area (Å²) < 4.78 is 1.77. The smallest absolute Gasteiger partial charge is 0.131 e. The largest absolute Gasteiger partial charge is 0.299 e. The highest BCUT2D eigenvalue weighted by atomic mass is 35.5. The van der Waals surface area contributed by atoms with Crippen LogP contribution in [0.4, 0.5) is 0 Å².